The van der Waals surface area contributed by atoms with Crippen LogP contribution >= 0.6 is 11.6 Å². The SMILES string of the molecule is O=C(c1ccoc1Cl)N1CCCCc2ccccc21. The normalized spacial score (nSPS) is 14.9. The van der Waals surface area contributed by atoms with E-state index in [1.165, 1.54) is 11.8 Å². The van der Waals surface area contributed by atoms with Crippen molar-refractivity contribution in [3.05, 3.63) is 52.9 Å². The van der Waals surface area contributed by atoms with Crippen LogP contribution in [0.1, 0.15) is 28.8 Å². The molecule has 4 heteroatoms. The Hall–Kier alpha value is -1.74. The zero-order valence-electron chi connectivity index (χ0n) is 10.4. The minimum atomic E-state index is -0.0897. The maximum Gasteiger partial charge on any atom is 0.263 e. The van der Waals surface area contributed by atoms with Crippen LogP contribution in [0.2, 0.25) is 5.22 Å². The van der Waals surface area contributed by atoms with Crippen LogP contribution in [0.3, 0.4) is 0 Å². The summed E-state index contributed by atoms with van der Waals surface area (Å²) in [6, 6.07) is 9.67. The molecule has 2 aromatic rings. The Bertz CT molecular complexity index is 606. The molecular weight excluding hydrogens is 262 g/mol. The Labute approximate surface area is 116 Å². The molecule has 3 rings (SSSR count). The molecule has 1 aromatic heterocycles. The first-order chi connectivity index (χ1) is 9.27. The van der Waals surface area contributed by atoms with Crippen LogP contribution < -0.4 is 4.90 Å². The Morgan fingerprint density at radius 1 is 1.21 bits per heavy atom. The summed E-state index contributed by atoms with van der Waals surface area (Å²) in [5, 5.41) is 0.159. The number of halogens is 1. The van der Waals surface area contributed by atoms with Crippen LogP contribution in [0, 0.1) is 0 Å². The lowest BCUT2D eigenvalue weighted by Crippen LogP contribution is -2.31. The van der Waals surface area contributed by atoms with E-state index < -0.39 is 0 Å². The van der Waals surface area contributed by atoms with Gasteiger partial charge < -0.3 is 9.32 Å². The number of fused-ring (bicyclic) bond motifs is 1. The molecule has 2 heterocycles. The van der Waals surface area contributed by atoms with Crippen molar-refractivity contribution in [2.24, 2.45) is 0 Å². The van der Waals surface area contributed by atoms with Gasteiger partial charge in [-0.1, -0.05) is 18.2 Å². The summed E-state index contributed by atoms with van der Waals surface area (Å²) in [7, 11) is 0. The highest BCUT2D eigenvalue weighted by molar-refractivity contribution is 6.32. The number of amides is 1. The highest BCUT2D eigenvalue weighted by atomic mass is 35.5. The standard InChI is InChI=1S/C15H14ClNO2/c16-14-12(8-10-19-14)15(18)17-9-4-3-6-11-5-1-2-7-13(11)17/h1-2,5,7-8,10H,3-4,6,9H2. The maximum absolute atomic E-state index is 12.6. The van der Waals surface area contributed by atoms with Crippen LogP contribution in [-0.4, -0.2) is 12.5 Å². The maximum atomic E-state index is 12.6. The fourth-order valence-electron chi connectivity index (χ4n) is 2.49. The molecule has 0 fully saturated rings. The van der Waals surface area contributed by atoms with Gasteiger partial charge in [0.25, 0.3) is 5.91 Å². The first kappa shape index (κ1) is 12.3. The molecule has 0 unspecified atom stereocenters. The molecule has 0 saturated heterocycles. The van der Waals surface area contributed by atoms with E-state index in [1.54, 1.807) is 11.0 Å². The van der Waals surface area contributed by atoms with Gasteiger partial charge in [0.15, 0.2) is 0 Å². The van der Waals surface area contributed by atoms with E-state index in [0.29, 0.717) is 5.56 Å². The van der Waals surface area contributed by atoms with Crippen molar-refractivity contribution in [3.63, 3.8) is 0 Å². The number of rotatable bonds is 1. The lowest BCUT2D eigenvalue weighted by atomic mass is 10.1. The predicted octanol–water partition coefficient (Wildman–Crippen LogP) is 3.92. The molecule has 0 atom stereocenters. The number of nitrogens with zero attached hydrogens (tertiary/aromatic N) is 1. The summed E-state index contributed by atoms with van der Waals surface area (Å²) in [4.78, 5) is 14.4. The third-order valence-electron chi connectivity index (χ3n) is 3.45. The van der Waals surface area contributed by atoms with Crippen LogP contribution in [0.5, 0.6) is 0 Å². The number of para-hydroxylation sites is 1. The van der Waals surface area contributed by atoms with E-state index >= 15 is 0 Å². The number of anilines is 1. The van der Waals surface area contributed by atoms with Crippen molar-refractivity contribution in [1.82, 2.24) is 0 Å². The van der Waals surface area contributed by atoms with Gasteiger partial charge in [-0.3, -0.25) is 4.79 Å². The monoisotopic (exact) mass is 275 g/mol. The quantitative estimate of drug-likeness (QED) is 0.790. The molecule has 19 heavy (non-hydrogen) atoms. The average molecular weight is 276 g/mol. The second-order valence-corrected chi connectivity index (χ2v) is 4.99. The molecule has 0 radical (unpaired) electrons. The van der Waals surface area contributed by atoms with Gasteiger partial charge in [0.2, 0.25) is 5.22 Å². The summed E-state index contributed by atoms with van der Waals surface area (Å²) in [6.07, 6.45) is 4.55. The highest BCUT2D eigenvalue weighted by Crippen LogP contribution is 2.29. The molecule has 1 amide bonds. The zero-order valence-corrected chi connectivity index (χ0v) is 11.2. The fraction of sp³-hybridized carbons (Fsp3) is 0.267. The smallest absolute Gasteiger partial charge is 0.263 e. The first-order valence-electron chi connectivity index (χ1n) is 6.40. The van der Waals surface area contributed by atoms with Gasteiger partial charge in [-0.2, -0.15) is 0 Å². The average Bonchev–Trinajstić information content (AvgIpc) is 2.74. The Kier molecular flexibility index (Phi) is 3.30. The Balaban J connectivity index is 2.01. The van der Waals surface area contributed by atoms with Crippen molar-refractivity contribution >= 4 is 23.2 Å². The van der Waals surface area contributed by atoms with Crippen LogP contribution in [0.25, 0.3) is 0 Å². The zero-order chi connectivity index (χ0) is 13.2. The molecule has 0 saturated carbocycles. The van der Waals surface area contributed by atoms with Crippen LogP contribution in [-0.2, 0) is 6.42 Å². The predicted molar refractivity (Wildman–Crippen MR) is 74.8 cm³/mol. The molecule has 0 N–H and O–H groups in total. The third-order valence-corrected chi connectivity index (χ3v) is 3.75. The van der Waals surface area contributed by atoms with Crippen LogP contribution in [0.15, 0.2) is 41.0 Å². The van der Waals surface area contributed by atoms with Gasteiger partial charge in [-0.25, -0.2) is 0 Å². The van der Waals surface area contributed by atoms with E-state index in [4.69, 9.17) is 16.0 Å². The lowest BCUT2D eigenvalue weighted by Gasteiger charge is -2.22. The highest BCUT2D eigenvalue weighted by Gasteiger charge is 2.24. The summed E-state index contributed by atoms with van der Waals surface area (Å²) >= 11 is 5.91. The Morgan fingerprint density at radius 2 is 2.05 bits per heavy atom. The number of aryl methyl sites for hydroxylation is 1. The number of benzene rings is 1. The van der Waals surface area contributed by atoms with Gasteiger partial charge in [-0.15, -0.1) is 0 Å². The third kappa shape index (κ3) is 2.26. The molecule has 1 aromatic carbocycles. The van der Waals surface area contributed by atoms with Crippen LogP contribution in [0.4, 0.5) is 5.69 Å². The molecular formula is C15H14ClNO2. The van der Waals surface area contributed by atoms with E-state index in [9.17, 15) is 4.79 Å². The largest absolute Gasteiger partial charge is 0.452 e. The summed E-state index contributed by atoms with van der Waals surface area (Å²) in [6.45, 7) is 0.720. The number of furan rings is 1. The minimum Gasteiger partial charge on any atom is -0.452 e. The van der Waals surface area contributed by atoms with Gasteiger partial charge in [0.05, 0.1) is 11.8 Å². The summed E-state index contributed by atoms with van der Waals surface area (Å²) in [5.74, 6) is -0.0897. The molecule has 1 aliphatic heterocycles. The lowest BCUT2D eigenvalue weighted by molar-refractivity contribution is 0.0986. The molecule has 0 spiro atoms. The number of hydrogen-bond donors (Lipinski definition) is 0. The van der Waals surface area contributed by atoms with Gasteiger partial charge in [0.1, 0.15) is 0 Å². The second kappa shape index (κ2) is 5.10. The number of carbonyl (C=O) groups excluding carboxylic acids is 1. The molecule has 3 nitrogen and oxygen atoms in total. The second-order valence-electron chi connectivity index (χ2n) is 4.65. The van der Waals surface area contributed by atoms with E-state index in [0.717, 1.165) is 31.5 Å². The Morgan fingerprint density at radius 3 is 2.84 bits per heavy atom. The van der Waals surface area contributed by atoms with Gasteiger partial charge in [0, 0.05) is 12.2 Å². The van der Waals surface area contributed by atoms with Crippen molar-refractivity contribution < 1.29 is 9.21 Å². The number of carbonyl (C=O) groups is 1. The van der Waals surface area contributed by atoms with Crippen molar-refractivity contribution in [2.75, 3.05) is 11.4 Å². The minimum absolute atomic E-state index is 0.0897. The van der Waals surface area contributed by atoms with Crippen molar-refractivity contribution in [3.8, 4) is 0 Å². The van der Waals surface area contributed by atoms with E-state index in [-0.39, 0.29) is 11.1 Å². The number of hydrogen-bond acceptors (Lipinski definition) is 2. The summed E-state index contributed by atoms with van der Waals surface area (Å²) < 4.78 is 5.01. The van der Waals surface area contributed by atoms with E-state index in [1.807, 2.05) is 18.2 Å². The van der Waals surface area contributed by atoms with Crippen molar-refractivity contribution in [1.29, 1.82) is 0 Å². The molecule has 1 aliphatic rings. The van der Waals surface area contributed by atoms with Gasteiger partial charge in [-0.05, 0) is 48.6 Å². The van der Waals surface area contributed by atoms with Crippen molar-refractivity contribution in [2.45, 2.75) is 19.3 Å². The molecule has 0 aliphatic carbocycles. The van der Waals surface area contributed by atoms with E-state index in [2.05, 4.69) is 6.07 Å². The van der Waals surface area contributed by atoms with Gasteiger partial charge >= 0.3 is 0 Å². The molecule has 98 valence electrons. The molecule has 0 bridgehead atoms. The first-order valence-corrected chi connectivity index (χ1v) is 6.78. The topological polar surface area (TPSA) is 33.5 Å². The summed E-state index contributed by atoms with van der Waals surface area (Å²) in [5.41, 5.74) is 2.63. The fourth-order valence-corrected chi connectivity index (χ4v) is 2.69.